The lowest BCUT2D eigenvalue weighted by Crippen LogP contribution is -2.27. The molecule has 1 aliphatic carbocycles. The smallest absolute Gasteiger partial charge is 0.101 e. The molecule has 1 N–H and O–H groups in total. The fraction of sp³-hybridized carbons (Fsp3) is 0.533. The number of anilines is 1. The van der Waals surface area contributed by atoms with Gasteiger partial charge < -0.3 is 5.32 Å². The summed E-state index contributed by atoms with van der Waals surface area (Å²) in [6.45, 7) is 2.27. The average molecular weight is 307 g/mol. The Bertz CT molecular complexity index is 450. The second-order valence-electron chi connectivity index (χ2n) is 5.08. The molecule has 2 rings (SSSR count). The van der Waals surface area contributed by atoms with Crippen molar-refractivity contribution < 1.29 is 0 Å². The van der Waals surface area contributed by atoms with Crippen LogP contribution in [0.4, 0.5) is 5.69 Å². The molecule has 96 valence electrons. The van der Waals surface area contributed by atoms with Gasteiger partial charge in [0.1, 0.15) is 6.07 Å². The maximum Gasteiger partial charge on any atom is 0.101 e. The van der Waals surface area contributed by atoms with Gasteiger partial charge in [-0.25, -0.2) is 0 Å². The minimum atomic E-state index is 0.519. The molecular formula is C15H19BrN2. The average Bonchev–Trinajstić information content (AvgIpc) is 2.39. The Hall–Kier alpha value is -1.01. The number of benzene rings is 1. The fourth-order valence-corrected chi connectivity index (χ4v) is 3.11. The van der Waals surface area contributed by atoms with Crippen molar-refractivity contribution in [3.05, 3.63) is 28.2 Å². The van der Waals surface area contributed by atoms with E-state index in [1.165, 1.54) is 32.1 Å². The Morgan fingerprint density at radius 1 is 1.44 bits per heavy atom. The maximum atomic E-state index is 9.13. The van der Waals surface area contributed by atoms with Crippen LogP contribution in [0.25, 0.3) is 0 Å². The lowest BCUT2D eigenvalue weighted by Gasteiger charge is -2.30. The number of rotatable bonds is 3. The van der Waals surface area contributed by atoms with Crippen LogP contribution < -0.4 is 5.32 Å². The van der Waals surface area contributed by atoms with E-state index in [9.17, 15) is 0 Å². The van der Waals surface area contributed by atoms with Gasteiger partial charge in [0.25, 0.3) is 0 Å². The molecule has 0 bridgehead atoms. The summed E-state index contributed by atoms with van der Waals surface area (Å²) in [4.78, 5) is 0. The van der Waals surface area contributed by atoms with Crippen LogP contribution in [0.15, 0.2) is 22.7 Å². The predicted octanol–water partition coefficient (Wildman–Crippen LogP) is 4.70. The third-order valence-corrected chi connectivity index (χ3v) is 4.32. The highest BCUT2D eigenvalue weighted by Crippen LogP contribution is 2.30. The third kappa shape index (κ3) is 3.26. The number of hydrogen-bond acceptors (Lipinski definition) is 2. The second-order valence-corrected chi connectivity index (χ2v) is 6.00. The summed E-state index contributed by atoms with van der Waals surface area (Å²) in [5.41, 5.74) is 1.70. The van der Waals surface area contributed by atoms with Crippen molar-refractivity contribution in [2.45, 2.75) is 45.1 Å². The minimum Gasteiger partial charge on any atom is -0.381 e. The Balaban J connectivity index is 2.09. The van der Waals surface area contributed by atoms with Crippen LogP contribution in [0.5, 0.6) is 0 Å². The summed E-state index contributed by atoms with van der Waals surface area (Å²) in [7, 11) is 0. The number of nitrogens with one attached hydrogen (secondary N) is 1. The summed E-state index contributed by atoms with van der Waals surface area (Å²) in [5, 5.41) is 12.7. The first kappa shape index (κ1) is 13.4. The molecule has 1 aromatic carbocycles. The first-order chi connectivity index (χ1) is 8.72. The van der Waals surface area contributed by atoms with Crippen LogP contribution in [0.1, 0.15) is 44.6 Å². The molecule has 0 aliphatic heterocycles. The second kappa shape index (κ2) is 6.24. The zero-order valence-corrected chi connectivity index (χ0v) is 12.3. The van der Waals surface area contributed by atoms with Gasteiger partial charge in [-0.05, 0) is 37.0 Å². The summed E-state index contributed by atoms with van der Waals surface area (Å²) < 4.78 is 1.02. The Labute approximate surface area is 118 Å². The molecule has 0 saturated heterocycles. The van der Waals surface area contributed by atoms with Crippen molar-refractivity contribution in [3.63, 3.8) is 0 Å². The van der Waals surface area contributed by atoms with Crippen LogP contribution in [-0.4, -0.2) is 6.04 Å². The van der Waals surface area contributed by atoms with Crippen molar-refractivity contribution in [1.82, 2.24) is 0 Å². The largest absolute Gasteiger partial charge is 0.381 e. The molecule has 3 heteroatoms. The van der Waals surface area contributed by atoms with E-state index in [2.05, 4.69) is 34.2 Å². The number of hydrogen-bond donors (Lipinski definition) is 1. The van der Waals surface area contributed by atoms with Gasteiger partial charge in [0.15, 0.2) is 0 Å². The van der Waals surface area contributed by atoms with Gasteiger partial charge in [-0.15, -0.1) is 0 Å². The van der Waals surface area contributed by atoms with E-state index in [0.29, 0.717) is 6.04 Å². The molecule has 0 radical (unpaired) electrons. The van der Waals surface area contributed by atoms with Crippen molar-refractivity contribution in [1.29, 1.82) is 5.26 Å². The highest BCUT2D eigenvalue weighted by Gasteiger charge is 2.21. The Morgan fingerprint density at radius 2 is 2.28 bits per heavy atom. The number of halogens is 1. The topological polar surface area (TPSA) is 35.8 Å². The van der Waals surface area contributed by atoms with Crippen LogP contribution in [0.2, 0.25) is 0 Å². The minimum absolute atomic E-state index is 0.519. The maximum absolute atomic E-state index is 9.13. The Morgan fingerprint density at radius 3 is 3.00 bits per heavy atom. The van der Waals surface area contributed by atoms with Gasteiger partial charge in [0.2, 0.25) is 0 Å². The van der Waals surface area contributed by atoms with Gasteiger partial charge in [0.05, 0.1) is 11.3 Å². The molecular weight excluding hydrogens is 288 g/mol. The number of nitriles is 1. The SMILES string of the molecule is CCC1CCCC(Nc2cc(Br)ccc2C#N)C1. The van der Waals surface area contributed by atoms with E-state index in [-0.39, 0.29) is 0 Å². The molecule has 1 saturated carbocycles. The molecule has 0 aromatic heterocycles. The molecule has 1 aliphatic rings. The van der Waals surface area contributed by atoms with Crippen LogP contribution in [-0.2, 0) is 0 Å². The van der Waals surface area contributed by atoms with Crippen molar-refractivity contribution in [2.24, 2.45) is 5.92 Å². The van der Waals surface area contributed by atoms with E-state index >= 15 is 0 Å². The molecule has 0 spiro atoms. The summed E-state index contributed by atoms with van der Waals surface area (Å²) in [6.07, 6.45) is 6.37. The van der Waals surface area contributed by atoms with E-state index in [1.54, 1.807) is 0 Å². The van der Waals surface area contributed by atoms with E-state index in [0.717, 1.165) is 21.6 Å². The lowest BCUT2D eigenvalue weighted by atomic mass is 9.84. The zero-order valence-electron chi connectivity index (χ0n) is 10.7. The first-order valence-corrected chi connectivity index (χ1v) is 7.48. The number of nitrogens with zero attached hydrogens (tertiary/aromatic N) is 1. The summed E-state index contributed by atoms with van der Waals surface area (Å²) in [6, 6.07) is 8.56. The quantitative estimate of drug-likeness (QED) is 0.878. The van der Waals surface area contributed by atoms with Crippen molar-refractivity contribution >= 4 is 21.6 Å². The standard InChI is InChI=1S/C15H19BrN2/c1-2-11-4-3-5-14(8-11)18-15-9-13(16)7-6-12(15)10-17/h6-7,9,11,14,18H,2-5,8H2,1H3. The van der Waals surface area contributed by atoms with Crippen LogP contribution >= 0.6 is 15.9 Å². The van der Waals surface area contributed by atoms with Crippen molar-refractivity contribution in [2.75, 3.05) is 5.32 Å². The molecule has 2 nitrogen and oxygen atoms in total. The van der Waals surface area contributed by atoms with Gasteiger partial charge in [0, 0.05) is 10.5 Å². The first-order valence-electron chi connectivity index (χ1n) is 6.69. The zero-order chi connectivity index (χ0) is 13.0. The summed E-state index contributed by atoms with van der Waals surface area (Å²) >= 11 is 3.47. The van der Waals surface area contributed by atoms with Gasteiger partial charge in [-0.3, -0.25) is 0 Å². The highest BCUT2D eigenvalue weighted by atomic mass is 79.9. The molecule has 0 heterocycles. The van der Waals surface area contributed by atoms with Crippen LogP contribution in [0, 0.1) is 17.2 Å². The van der Waals surface area contributed by atoms with Gasteiger partial charge in [-0.2, -0.15) is 5.26 Å². The van der Waals surface area contributed by atoms with E-state index in [1.807, 2.05) is 18.2 Å². The predicted molar refractivity (Wildman–Crippen MR) is 78.5 cm³/mol. The molecule has 2 atom stereocenters. The third-order valence-electron chi connectivity index (χ3n) is 3.82. The molecule has 0 amide bonds. The fourth-order valence-electron chi connectivity index (χ4n) is 2.75. The van der Waals surface area contributed by atoms with Gasteiger partial charge >= 0.3 is 0 Å². The molecule has 2 unspecified atom stereocenters. The summed E-state index contributed by atoms with van der Waals surface area (Å²) in [5.74, 6) is 0.842. The molecule has 18 heavy (non-hydrogen) atoms. The Kier molecular flexibility index (Phi) is 4.66. The normalized spacial score (nSPS) is 23.4. The lowest BCUT2D eigenvalue weighted by molar-refractivity contribution is 0.327. The van der Waals surface area contributed by atoms with Crippen LogP contribution in [0.3, 0.4) is 0 Å². The monoisotopic (exact) mass is 306 g/mol. The molecule has 1 fully saturated rings. The van der Waals surface area contributed by atoms with Gasteiger partial charge in [-0.1, -0.05) is 42.1 Å². The molecule has 1 aromatic rings. The van der Waals surface area contributed by atoms with E-state index < -0.39 is 0 Å². The van der Waals surface area contributed by atoms with E-state index in [4.69, 9.17) is 5.26 Å². The van der Waals surface area contributed by atoms with Crippen molar-refractivity contribution in [3.8, 4) is 6.07 Å². The highest BCUT2D eigenvalue weighted by molar-refractivity contribution is 9.10.